The molecule has 0 fully saturated rings. The maximum absolute atomic E-state index is 12.6. The Kier molecular flexibility index (Phi) is 2.90. The molecule has 0 amide bonds. The van der Waals surface area contributed by atoms with E-state index >= 15 is 0 Å². The van der Waals surface area contributed by atoms with Gasteiger partial charge in [0.2, 0.25) is 0 Å². The molecule has 0 spiro atoms. The minimum Gasteiger partial charge on any atom is -0.267 e. The Morgan fingerprint density at radius 2 is 2.00 bits per heavy atom. The summed E-state index contributed by atoms with van der Waals surface area (Å²) in [6, 6.07) is 15.6. The Morgan fingerprint density at radius 3 is 2.86 bits per heavy atom. The largest absolute Gasteiger partial charge is 0.274 e. The predicted molar refractivity (Wildman–Crippen MR) is 89.8 cm³/mol. The fourth-order valence-electron chi connectivity index (χ4n) is 2.36. The molecule has 0 atom stereocenters. The van der Waals surface area contributed by atoms with Crippen LogP contribution in [-0.4, -0.2) is 9.38 Å². The number of aromatic nitrogens is 2. The summed E-state index contributed by atoms with van der Waals surface area (Å²) in [6.45, 7) is 0. The van der Waals surface area contributed by atoms with Crippen LogP contribution in [-0.2, 0) is 0 Å². The first-order valence-electron chi connectivity index (χ1n) is 6.40. The zero-order chi connectivity index (χ0) is 14.4. The summed E-state index contributed by atoms with van der Waals surface area (Å²) in [5, 5.41) is 0. The monoisotopic (exact) mass is 356 g/mol. The highest BCUT2D eigenvalue weighted by atomic mass is 79.9. The Labute approximate surface area is 132 Å². The van der Waals surface area contributed by atoms with Crippen LogP contribution in [0.15, 0.2) is 57.8 Å². The molecule has 0 saturated heterocycles. The molecule has 0 N–H and O–H groups in total. The predicted octanol–water partition coefficient (Wildman–Crippen LogP) is 3.22. The molecule has 0 radical (unpaired) electrons. The molecule has 0 aliphatic carbocycles. The van der Waals surface area contributed by atoms with Gasteiger partial charge < -0.3 is 0 Å². The number of rotatable bonds is 1. The molecular weight excluding hydrogens is 348 g/mol. The lowest BCUT2D eigenvalue weighted by atomic mass is 10.2. The lowest BCUT2D eigenvalue weighted by Gasteiger charge is -1.92. The molecule has 0 unspecified atom stereocenters. The van der Waals surface area contributed by atoms with Crippen molar-refractivity contribution in [3.63, 3.8) is 0 Å². The Hall–Kier alpha value is -1.98. The Balaban J connectivity index is 2.03. The molecule has 5 heteroatoms. The van der Waals surface area contributed by atoms with E-state index in [2.05, 4.69) is 20.9 Å². The van der Waals surface area contributed by atoms with Crippen LogP contribution in [0.25, 0.3) is 22.1 Å². The third-order valence-corrected chi connectivity index (χ3v) is 4.75. The summed E-state index contributed by atoms with van der Waals surface area (Å²) < 4.78 is 3.38. The van der Waals surface area contributed by atoms with Gasteiger partial charge in [0.25, 0.3) is 5.56 Å². The molecule has 2 heterocycles. The second kappa shape index (κ2) is 4.79. The van der Waals surface area contributed by atoms with Crippen LogP contribution >= 0.6 is 27.3 Å². The number of benzene rings is 2. The smallest absolute Gasteiger partial charge is 0.267 e. The van der Waals surface area contributed by atoms with Crippen molar-refractivity contribution in [2.45, 2.75) is 0 Å². The third kappa shape index (κ3) is 2.09. The summed E-state index contributed by atoms with van der Waals surface area (Å²) in [5.74, 6) is 0. The lowest BCUT2D eigenvalue weighted by Crippen LogP contribution is -2.22. The first-order valence-corrected chi connectivity index (χ1v) is 8.00. The van der Waals surface area contributed by atoms with Crippen LogP contribution in [0.4, 0.5) is 0 Å². The van der Waals surface area contributed by atoms with Gasteiger partial charge in [0.15, 0.2) is 4.96 Å². The molecular formula is C16H9BrN2OS. The van der Waals surface area contributed by atoms with E-state index in [-0.39, 0.29) is 5.56 Å². The van der Waals surface area contributed by atoms with Crippen LogP contribution in [0.2, 0.25) is 0 Å². The second-order valence-electron chi connectivity index (χ2n) is 4.69. The van der Waals surface area contributed by atoms with Crippen molar-refractivity contribution >= 4 is 49.3 Å². The van der Waals surface area contributed by atoms with Crippen molar-refractivity contribution < 1.29 is 0 Å². The molecule has 4 rings (SSSR count). The summed E-state index contributed by atoms with van der Waals surface area (Å²) in [6.07, 6.45) is 1.90. The first kappa shape index (κ1) is 12.7. The molecule has 4 aromatic rings. The van der Waals surface area contributed by atoms with Gasteiger partial charge in [-0.15, -0.1) is 0 Å². The molecule has 0 aliphatic rings. The van der Waals surface area contributed by atoms with Gasteiger partial charge in [0.05, 0.1) is 15.6 Å². The molecule has 3 nitrogen and oxygen atoms in total. The van der Waals surface area contributed by atoms with Crippen LogP contribution in [0.1, 0.15) is 5.56 Å². The molecule has 2 aromatic heterocycles. The zero-order valence-electron chi connectivity index (χ0n) is 10.8. The number of hydrogen-bond acceptors (Lipinski definition) is 3. The van der Waals surface area contributed by atoms with Crippen LogP contribution in [0, 0.1) is 0 Å². The summed E-state index contributed by atoms with van der Waals surface area (Å²) in [5.41, 5.74) is 2.71. The van der Waals surface area contributed by atoms with Gasteiger partial charge >= 0.3 is 0 Å². The highest BCUT2D eigenvalue weighted by molar-refractivity contribution is 9.10. The Morgan fingerprint density at radius 1 is 1.14 bits per heavy atom. The van der Waals surface area contributed by atoms with E-state index in [0.29, 0.717) is 4.53 Å². The SMILES string of the molecule is O=c1/c(=C/c2cccc(Br)c2)sc2nc3ccccc3n12. The van der Waals surface area contributed by atoms with Gasteiger partial charge in [-0.25, -0.2) is 9.38 Å². The minimum atomic E-state index is -0.0105. The van der Waals surface area contributed by atoms with E-state index in [4.69, 9.17) is 0 Å². The number of halogens is 1. The number of fused-ring (bicyclic) bond motifs is 3. The van der Waals surface area contributed by atoms with Gasteiger partial charge in [0, 0.05) is 4.47 Å². The molecule has 0 saturated carbocycles. The number of hydrogen-bond donors (Lipinski definition) is 0. The summed E-state index contributed by atoms with van der Waals surface area (Å²) in [4.78, 5) is 17.8. The molecule has 21 heavy (non-hydrogen) atoms. The molecule has 0 aliphatic heterocycles. The number of imidazole rings is 1. The van der Waals surface area contributed by atoms with Crippen molar-refractivity contribution in [1.82, 2.24) is 9.38 Å². The van der Waals surface area contributed by atoms with Gasteiger partial charge in [-0.05, 0) is 35.9 Å². The van der Waals surface area contributed by atoms with Crippen LogP contribution in [0.5, 0.6) is 0 Å². The normalized spacial score (nSPS) is 12.5. The van der Waals surface area contributed by atoms with Crippen LogP contribution < -0.4 is 10.1 Å². The maximum atomic E-state index is 12.6. The Bertz CT molecular complexity index is 1080. The van der Waals surface area contributed by atoms with Gasteiger partial charge in [-0.1, -0.05) is 51.5 Å². The van der Waals surface area contributed by atoms with E-state index in [1.165, 1.54) is 11.3 Å². The number of para-hydroxylation sites is 2. The fraction of sp³-hybridized carbons (Fsp3) is 0. The van der Waals surface area contributed by atoms with Gasteiger partial charge in [-0.2, -0.15) is 0 Å². The molecule has 2 aromatic carbocycles. The highest BCUT2D eigenvalue weighted by Gasteiger charge is 2.10. The van der Waals surface area contributed by atoms with Crippen molar-refractivity contribution in [2.75, 3.05) is 0 Å². The summed E-state index contributed by atoms with van der Waals surface area (Å²) >= 11 is 4.86. The number of thiazole rings is 1. The van der Waals surface area contributed by atoms with E-state index < -0.39 is 0 Å². The summed E-state index contributed by atoms with van der Waals surface area (Å²) in [7, 11) is 0. The van der Waals surface area contributed by atoms with E-state index in [9.17, 15) is 4.79 Å². The van der Waals surface area contributed by atoms with Crippen molar-refractivity contribution in [3.8, 4) is 0 Å². The molecule has 0 bridgehead atoms. The fourth-order valence-corrected chi connectivity index (χ4v) is 3.76. The van der Waals surface area contributed by atoms with Crippen LogP contribution in [0.3, 0.4) is 0 Å². The van der Waals surface area contributed by atoms with Crippen molar-refractivity contribution in [2.24, 2.45) is 0 Å². The van der Waals surface area contributed by atoms with E-state index in [1.807, 2.05) is 54.6 Å². The highest BCUT2D eigenvalue weighted by Crippen LogP contribution is 2.16. The van der Waals surface area contributed by atoms with E-state index in [0.717, 1.165) is 26.0 Å². The second-order valence-corrected chi connectivity index (χ2v) is 6.61. The topological polar surface area (TPSA) is 34.4 Å². The van der Waals surface area contributed by atoms with Crippen molar-refractivity contribution in [1.29, 1.82) is 0 Å². The van der Waals surface area contributed by atoms with E-state index in [1.54, 1.807) is 4.40 Å². The lowest BCUT2D eigenvalue weighted by molar-refractivity contribution is 1.19. The van der Waals surface area contributed by atoms with Gasteiger partial charge in [-0.3, -0.25) is 4.79 Å². The quantitative estimate of drug-likeness (QED) is 0.524. The first-order chi connectivity index (χ1) is 10.2. The average Bonchev–Trinajstić information content (AvgIpc) is 2.97. The maximum Gasteiger partial charge on any atom is 0.274 e. The third-order valence-electron chi connectivity index (χ3n) is 3.29. The zero-order valence-corrected chi connectivity index (χ0v) is 13.2. The number of nitrogens with zero attached hydrogens (tertiary/aromatic N) is 2. The van der Waals surface area contributed by atoms with Gasteiger partial charge in [0.1, 0.15) is 0 Å². The minimum absolute atomic E-state index is 0.0105. The molecule has 102 valence electrons. The standard InChI is InChI=1S/C16H9BrN2OS/c17-11-5-3-4-10(8-11)9-14-15(20)19-13-7-2-1-6-12(13)18-16(19)21-14/h1-9H/b14-9-. The average molecular weight is 357 g/mol. The van der Waals surface area contributed by atoms with Crippen molar-refractivity contribution in [3.05, 3.63) is 73.5 Å².